The number of carboxylic acids is 1. The number of rotatable bonds is 3. The van der Waals surface area contributed by atoms with Crippen LogP contribution in [0.2, 0.25) is 10.0 Å². The SMILES string of the molecule is O=C(O)C1CCN(S(=O)(=O)c2cc(Cl)ccc2Cl)C1. The first-order valence-electron chi connectivity index (χ1n) is 5.50. The molecule has 0 amide bonds. The minimum atomic E-state index is -3.80. The second-order valence-electron chi connectivity index (χ2n) is 4.26. The van der Waals surface area contributed by atoms with Crippen molar-refractivity contribution >= 4 is 39.2 Å². The zero-order valence-corrected chi connectivity index (χ0v) is 12.0. The minimum Gasteiger partial charge on any atom is -0.481 e. The molecule has 1 atom stereocenters. The molecular formula is C11H11Cl2NO4S. The van der Waals surface area contributed by atoms with Crippen LogP contribution in [0.5, 0.6) is 0 Å². The lowest BCUT2D eigenvalue weighted by molar-refractivity contribution is -0.141. The zero-order valence-electron chi connectivity index (χ0n) is 9.71. The van der Waals surface area contributed by atoms with Gasteiger partial charge >= 0.3 is 5.97 Å². The normalized spacial score (nSPS) is 20.6. The van der Waals surface area contributed by atoms with Gasteiger partial charge in [-0.3, -0.25) is 4.79 Å². The fourth-order valence-electron chi connectivity index (χ4n) is 1.96. The smallest absolute Gasteiger partial charge is 0.307 e. The van der Waals surface area contributed by atoms with E-state index in [9.17, 15) is 13.2 Å². The van der Waals surface area contributed by atoms with Crippen molar-refractivity contribution in [2.24, 2.45) is 5.92 Å². The molecule has 0 aliphatic carbocycles. The Hall–Kier alpha value is -0.820. The van der Waals surface area contributed by atoms with Crippen LogP contribution in [0.25, 0.3) is 0 Å². The first-order valence-corrected chi connectivity index (χ1v) is 7.70. The van der Waals surface area contributed by atoms with Crippen LogP contribution in [0.4, 0.5) is 0 Å². The van der Waals surface area contributed by atoms with E-state index < -0.39 is 21.9 Å². The average molecular weight is 324 g/mol. The predicted molar refractivity (Wildman–Crippen MR) is 71.0 cm³/mol. The minimum absolute atomic E-state index is 0.0412. The van der Waals surface area contributed by atoms with Crippen LogP contribution in [-0.4, -0.2) is 36.9 Å². The summed E-state index contributed by atoms with van der Waals surface area (Å²) in [5.74, 6) is -1.66. The molecule has 1 aromatic carbocycles. The molecule has 1 aliphatic heterocycles. The molecule has 1 aromatic rings. The Morgan fingerprint density at radius 2 is 2.05 bits per heavy atom. The maximum atomic E-state index is 12.4. The molecular weight excluding hydrogens is 313 g/mol. The van der Waals surface area contributed by atoms with Gasteiger partial charge in [0.1, 0.15) is 4.90 Å². The summed E-state index contributed by atoms with van der Waals surface area (Å²) in [6.07, 6.45) is 0.298. The number of benzene rings is 1. The van der Waals surface area contributed by atoms with Crippen LogP contribution in [0, 0.1) is 5.92 Å². The number of sulfonamides is 1. The van der Waals surface area contributed by atoms with Crippen molar-refractivity contribution in [1.29, 1.82) is 0 Å². The van der Waals surface area contributed by atoms with E-state index in [1.807, 2.05) is 0 Å². The number of halogens is 2. The number of carbonyl (C=O) groups is 1. The number of aliphatic carboxylic acids is 1. The van der Waals surface area contributed by atoms with E-state index in [2.05, 4.69) is 0 Å². The molecule has 8 heteroatoms. The van der Waals surface area contributed by atoms with Crippen LogP contribution >= 0.6 is 23.2 Å². The van der Waals surface area contributed by atoms with Crippen LogP contribution in [-0.2, 0) is 14.8 Å². The molecule has 0 spiro atoms. The number of nitrogens with zero attached hydrogens (tertiary/aromatic N) is 1. The monoisotopic (exact) mass is 323 g/mol. The van der Waals surface area contributed by atoms with Crippen molar-refractivity contribution in [3.8, 4) is 0 Å². The van der Waals surface area contributed by atoms with Gasteiger partial charge in [0.05, 0.1) is 10.9 Å². The van der Waals surface area contributed by atoms with Gasteiger partial charge in [-0.15, -0.1) is 0 Å². The molecule has 0 aromatic heterocycles. The molecule has 2 rings (SSSR count). The average Bonchev–Trinajstić information content (AvgIpc) is 2.82. The molecule has 1 unspecified atom stereocenters. The van der Waals surface area contributed by atoms with Gasteiger partial charge in [0.25, 0.3) is 0 Å². The summed E-state index contributed by atoms with van der Waals surface area (Å²) in [7, 11) is -3.80. The van der Waals surface area contributed by atoms with Gasteiger partial charge in [0.2, 0.25) is 10.0 Å². The maximum absolute atomic E-state index is 12.4. The maximum Gasteiger partial charge on any atom is 0.307 e. The van der Waals surface area contributed by atoms with Gasteiger partial charge < -0.3 is 5.11 Å². The predicted octanol–water partition coefficient (Wildman–Crippen LogP) is 2.09. The van der Waals surface area contributed by atoms with Crippen molar-refractivity contribution in [2.45, 2.75) is 11.3 Å². The van der Waals surface area contributed by atoms with E-state index in [4.69, 9.17) is 28.3 Å². The van der Waals surface area contributed by atoms with E-state index in [0.29, 0.717) is 6.42 Å². The van der Waals surface area contributed by atoms with Crippen LogP contribution in [0.3, 0.4) is 0 Å². The van der Waals surface area contributed by atoms with Gasteiger partial charge in [-0.2, -0.15) is 4.31 Å². The van der Waals surface area contributed by atoms with Crippen molar-refractivity contribution in [3.05, 3.63) is 28.2 Å². The molecule has 104 valence electrons. The highest BCUT2D eigenvalue weighted by Gasteiger charge is 2.36. The Balaban J connectivity index is 2.33. The Morgan fingerprint density at radius 1 is 1.37 bits per heavy atom. The lowest BCUT2D eigenvalue weighted by atomic mass is 10.1. The first kappa shape index (κ1) is 14.6. The summed E-state index contributed by atoms with van der Waals surface area (Å²) in [6.45, 7) is 0.128. The summed E-state index contributed by atoms with van der Waals surface area (Å²) >= 11 is 11.7. The molecule has 19 heavy (non-hydrogen) atoms. The largest absolute Gasteiger partial charge is 0.481 e. The van der Waals surface area contributed by atoms with E-state index in [0.717, 1.165) is 4.31 Å². The van der Waals surface area contributed by atoms with Gasteiger partial charge in [0, 0.05) is 18.1 Å². The molecule has 1 heterocycles. The fourth-order valence-corrected chi connectivity index (χ4v) is 4.20. The van der Waals surface area contributed by atoms with E-state index in [1.54, 1.807) is 0 Å². The van der Waals surface area contributed by atoms with Crippen LogP contribution < -0.4 is 0 Å². The summed E-state index contributed by atoms with van der Waals surface area (Å²) in [4.78, 5) is 10.8. The van der Waals surface area contributed by atoms with Crippen molar-refractivity contribution in [3.63, 3.8) is 0 Å². The van der Waals surface area contributed by atoms with Crippen molar-refractivity contribution < 1.29 is 18.3 Å². The van der Waals surface area contributed by atoms with Gasteiger partial charge in [-0.25, -0.2) is 8.42 Å². The highest BCUT2D eigenvalue weighted by Crippen LogP contribution is 2.30. The topological polar surface area (TPSA) is 74.7 Å². The third kappa shape index (κ3) is 2.86. The summed E-state index contributed by atoms with van der Waals surface area (Å²) in [6, 6.07) is 4.17. The van der Waals surface area contributed by atoms with Gasteiger partial charge in [-0.05, 0) is 24.6 Å². The molecule has 0 bridgehead atoms. The van der Waals surface area contributed by atoms with Gasteiger partial charge in [-0.1, -0.05) is 23.2 Å². The van der Waals surface area contributed by atoms with Crippen molar-refractivity contribution in [1.82, 2.24) is 4.31 Å². The van der Waals surface area contributed by atoms with E-state index >= 15 is 0 Å². The zero-order chi connectivity index (χ0) is 14.2. The second-order valence-corrected chi connectivity index (χ2v) is 7.01. The third-order valence-corrected chi connectivity index (χ3v) is 5.59. The lowest BCUT2D eigenvalue weighted by Crippen LogP contribution is -2.30. The molecule has 0 saturated carbocycles. The van der Waals surface area contributed by atoms with E-state index in [1.165, 1.54) is 18.2 Å². The summed E-state index contributed by atoms with van der Waals surface area (Å²) in [5.41, 5.74) is 0. The lowest BCUT2D eigenvalue weighted by Gasteiger charge is -2.17. The van der Waals surface area contributed by atoms with Crippen molar-refractivity contribution in [2.75, 3.05) is 13.1 Å². The van der Waals surface area contributed by atoms with E-state index in [-0.39, 0.29) is 28.0 Å². The Morgan fingerprint density at radius 3 is 2.63 bits per heavy atom. The Bertz CT molecular complexity index is 617. The molecule has 1 aliphatic rings. The number of carboxylic acid groups (broad SMARTS) is 1. The van der Waals surface area contributed by atoms with Gasteiger partial charge in [0.15, 0.2) is 0 Å². The van der Waals surface area contributed by atoms with Crippen LogP contribution in [0.15, 0.2) is 23.1 Å². The van der Waals surface area contributed by atoms with Crippen LogP contribution in [0.1, 0.15) is 6.42 Å². The summed E-state index contributed by atoms with van der Waals surface area (Å²) < 4.78 is 25.9. The molecule has 1 saturated heterocycles. The molecule has 1 fully saturated rings. The molecule has 0 radical (unpaired) electrons. The highest BCUT2D eigenvalue weighted by molar-refractivity contribution is 7.89. The fraction of sp³-hybridized carbons (Fsp3) is 0.364. The molecule has 5 nitrogen and oxygen atoms in total. The number of hydrogen-bond donors (Lipinski definition) is 1. The standard InChI is InChI=1S/C11H11Cl2NO4S/c12-8-1-2-9(13)10(5-8)19(17,18)14-4-3-7(6-14)11(15)16/h1-2,5,7H,3-4,6H2,(H,15,16). The first-order chi connectivity index (χ1) is 8.82. The quantitative estimate of drug-likeness (QED) is 0.924. The highest BCUT2D eigenvalue weighted by atomic mass is 35.5. The summed E-state index contributed by atoms with van der Waals surface area (Å²) in [5, 5.41) is 9.23. The molecule has 1 N–H and O–H groups in total. The second kappa shape index (κ2) is 5.28. The Kier molecular flexibility index (Phi) is 4.06. The third-order valence-electron chi connectivity index (χ3n) is 3.01. The Labute approximate surface area is 120 Å². The number of hydrogen-bond acceptors (Lipinski definition) is 3.